The summed E-state index contributed by atoms with van der Waals surface area (Å²) in [5, 5.41) is 3.58. The summed E-state index contributed by atoms with van der Waals surface area (Å²) in [6.45, 7) is 8.72. The molecule has 3 nitrogen and oxygen atoms in total. The predicted octanol–water partition coefficient (Wildman–Crippen LogP) is 3.29. The number of anilines is 1. The summed E-state index contributed by atoms with van der Waals surface area (Å²) in [6, 6.07) is 7.46. The SMILES string of the molecule is CCCNC(C)c1ccc2c(c1)CCN2CC1CCCO1. The summed E-state index contributed by atoms with van der Waals surface area (Å²) in [4.78, 5) is 2.51. The van der Waals surface area contributed by atoms with Crippen LogP contribution in [0.3, 0.4) is 0 Å². The number of rotatable bonds is 6. The highest BCUT2D eigenvalue weighted by molar-refractivity contribution is 5.59. The molecule has 2 heterocycles. The Morgan fingerprint density at radius 1 is 1.43 bits per heavy atom. The van der Waals surface area contributed by atoms with Gasteiger partial charge >= 0.3 is 0 Å². The van der Waals surface area contributed by atoms with Crippen LogP contribution < -0.4 is 10.2 Å². The third-order valence-electron chi connectivity index (χ3n) is 4.74. The van der Waals surface area contributed by atoms with Crippen LogP contribution in [0.15, 0.2) is 18.2 Å². The van der Waals surface area contributed by atoms with E-state index in [9.17, 15) is 0 Å². The van der Waals surface area contributed by atoms with Crippen molar-refractivity contribution >= 4 is 5.69 Å². The molecular formula is C18H28N2O. The van der Waals surface area contributed by atoms with Crippen LogP contribution in [0.4, 0.5) is 5.69 Å². The quantitative estimate of drug-likeness (QED) is 0.869. The average Bonchev–Trinajstić information content (AvgIpc) is 3.15. The van der Waals surface area contributed by atoms with Crippen LogP contribution >= 0.6 is 0 Å². The fraction of sp³-hybridized carbons (Fsp3) is 0.667. The van der Waals surface area contributed by atoms with Gasteiger partial charge in [0.1, 0.15) is 0 Å². The zero-order valence-corrected chi connectivity index (χ0v) is 13.4. The maximum atomic E-state index is 5.78. The van der Waals surface area contributed by atoms with Crippen LogP contribution in [0.5, 0.6) is 0 Å². The largest absolute Gasteiger partial charge is 0.376 e. The summed E-state index contributed by atoms with van der Waals surface area (Å²) in [6.07, 6.45) is 5.26. The number of ether oxygens (including phenoxy) is 1. The smallest absolute Gasteiger partial charge is 0.0750 e. The van der Waals surface area contributed by atoms with E-state index in [0.717, 1.165) is 26.2 Å². The number of hydrogen-bond donors (Lipinski definition) is 1. The number of nitrogens with zero attached hydrogens (tertiary/aromatic N) is 1. The minimum absolute atomic E-state index is 0.445. The van der Waals surface area contributed by atoms with Gasteiger partial charge in [0.25, 0.3) is 0 Å². The van der Waals surface area contributed by atoms with Gasteiger partial charge in [0, 0.05) is 31.4 Å². The Bertz CT molecular complexity index is 468. The van der Waals surface area contributed by atoms with Gasteiger partial charge in [0.2, 0.25) is 0 Å². The molecule has 2 atom stereocenters. The molecule has 0 radical (unpaired) electrons. The second kappa shape index (κ2) is 6.80. The third-order valence-corrected chi connectivity index (χ3v) is 4.74. The minimum Gasteiger partial charge on any atom is -0.376 e. The van der Waals surface area contributed by atoms with Crippen molar-refractivity contribution in [3.05, 3.63) is 29.3 Å². The van der Waals surface area contributed by atoms with Gasteiger partial charge in [0.15, 0.2) is 0 Å². The van der Waals surface area contributed by atoms with E-state index in [2.05, 4.69) is 42.3 Å². The zero-order valence-electron chi connectivity index (χ0n) is 13.4. The van der Waals surface area contributed by atoms with E-state index in [0.29, 0.717) is 12.1 Å². The molecule has 0 spiro atoms. The fourth-order valence-corrected chi connectivity index (χ4v) is 3.46. The number of hydrogen-bond acceptors (Lipinski definition) is 3. The predicted molar refractivity (Wildman–Crippen MR) is 88.0 cm³/mol. The second-order valence-corrected chi connectivity index (χ2v) is 6.40. The molecule has 0 amide bonds. The first-order valence-corrected chi connectivity index (χ1v) is 8.50. The Morgan fingerprint density at radius 2 is 2.33 bits per heavy atom. The fourth-order valence-electron chi connectivity index (χ4n) is 3.46. The van der Waals surface area contributed by atoms with Crippen molar-refractivity contribution in [2.24, 2.45) is 0 Å². The van der Waals surface area contributed by atoms with Crippen molar-refractivity contribution in [2.45, 2.75) is 51.7 Å². The van der Waals surface area contributed by atoms with Crippen molar-refractivity contribution in [1.82, 2.24) is 5.32 Å². The molecule has 3 rings (SSSR count). The van der Waals surface area contributed by atoms with Crippen molar-refractivity contribution in [3.63, 3.8) is 0 Å². The summed E-state index contributed by atoms with van der Waals surface area (Å²) in [5.41, 5.74) is 4.36. The first-order chi connectivity index (χ1) is 10.3. The lowest BCUT2D eigenvalue weighted by molar-refractivity contribution is 0.116. The maximum Gasteiger partial charge on any atom is 0.0750 e. The highest BCUT2D eigenvalue weighted by atomic mass is 16.5. The van der Waals surface area contributed by atoms with Crippen molar-refractivity contribution in [3.8, 4) is 0 Å². The molecule has 21 heavy (non-hydrogen) atoms. The average molecular weight is 288 g/mol. The van der Waals surface area contributed by atoms with E-state index in [4.69, 9.17) is 4.74 Å². The van der Waals surface area contributed by atoms with Gasteiger partial charge in [-0.2, -0.15) is 0 Å². The Hall–Kier alpha value is -1.06. The molecule has 1 aromatic carbocycles. The van der Waals surface area contributed by atoms with Crippen LogP contribution in [-0.4, -0.2) is 32.3 Å². The highest BCUT2D eigenvalue weighted by Gasteiger charge is 2.25. The van der Waals surface area contributed by atoms with Gasteiger partial charge in [-0.3, -0.25) is 0 Å². The first kappa shape index (κ1) is 14.9. The molecule has 1 aromatic rings. The lowest BCUT2D eigenvalue weighted by Gasteiger charge is -2.23. The summed E-state index contributed by atoms with van der Waals surface area (Å²) >= 11 is 0. The van der Waals surface area contributed by atoms with Crippen LogP contribution in [0.25, 0.3) is 0 Å². The lowest BCUT2D eigenvalue weighted by Crippen LogP contribution is -2.30. The first-order valence-electron chi connectivity index (χ1n) is 8.50. The number of fused-ring (bicyclic) bond motifs is 1. The molecule has 116 valence electrons. The van der Waals surface area contributed by atoms with E-state index in [1.807, 2.05) is 0 Å². The number of benzene rings is 1. The van der Waals surface area contributed by atoms with Crippen LogP contribution in [-0.2, 0) is 11.2 Å². The Labute approximate surface area is 128 Å². The summed E-state index contributed by atoms with van der Waals surface area (Å²) < 4.78 is 5.78. The molecule has 1 saturated heterocycles. The zero-order chi connectivity index (χ0) is 14.7. The molecule has 3 heteroatoms. The van der Waals surface area contributed by atoms with Gasteiger partial charge in [-0.25, -0.2) is 0 Å². The molecular weight excluding hydrogens is 260 g/mol. The van der Waals surface area contributed by atoms with Crippen LogP contribution in [0.1, 0.15) is 50.3 Å². The van der Waals surface area contributed by atoms with Crippen molar-refractivity contribution in [2.75, 3.05) is 31.1 Å². The normalized spacial score (nSPS) is 22.6. The Balaban J connectivity index is 1.66. The summed E-state index contributed by atoms with van der Waals surface area (Å²) in [5.74, 6) is 0. The molecule has 0 bridgehead atoms. The Kier molecular flexibility index (Phi) is 4.81. The monoisotopic (exact) mass is 288 g/mol. The van der Waals surface area contributed by atoms with Crippen LogP contribution in [0, 0.1) is 0 Å². The van der Waals surface area contributed by atoms with Gasteiger partial charge in [-0.15, -0.1) is 0 Å². The van der Waals surface area contributed by atoms with Crippen molar-refractivity contribution in [1.29, 1.82) is 0 Å². The van der Waals surface area contributed by atoms with Gasteiger partial charge in [-0.05, 0) is 56.3 Å². The lowest BCUT2D eigenvalue weighted by atomic mass is 10.0. The van der Waals surface area contributed by atoms with E-state index in [-0.39, 0.29) is 0 Å². The van der Waals surface area contributed by atoms with Gasteiger partial charge in [0.05, 0.1) is 6.10 Å². The number of nitrogens with one attached hydrogen (secondary N) is 1. The highest BCUT2D eigenvalue weighted by Crippen LogP contribution is 2.31. The minimum atomic E-state index is 0.445. The topological polar surface area (TPSA) is 24.5 Å². The molecule has 0 saturated carbocycles. The molecule has 0 aliphatic carbocycles. The molecule has 1 fully saturated rings. The van der Waals surface area contributed by atoms with Crippen molar-refractivity contribution < 1.29 is 4.74 Å². The molecule has 1 N–H and O–H groups in total. The van der Waals surface area contributed by atoms with Gasteiger partial charge < -0.3 is 15.0 Å². The second-order valence-electron chi connectivity index (χ2n) is 6.40. The molecule has 0 aromatic heterocycles. The van der Waals surface area contributed by atoms with E-state index < -0.39 is 0 Å². The summed E-state index contributed by atoms with van der Waals surface area (Å²) in [7, 11) is 0. The molecule has 2 aliphatic heterocycles. The van der Waals surface area contributed by atoms with Gasteiger partial charge in [-0.1, -0.05) is 19.1 Å². The van der Waals surface area contributed by atoms with Crippen LogP contribution in [0.2, 0.25) is 0 Å². The Morgan fingerprint density at radius 3 is 3.10 bits per heavy atom. The van der Waals surface area contributed by atoms with E-state index in [1.54, 1.807) is 0 Å². The molecule has 2 aliphatic rings. The standard InChI is InChI=1S/C18H28N2O/c1-3-9-19-14(2)15-6-7-18-16(12-15)8-10-20(18)13-17-5-4-11-21-17/h6-7,12,14,17,19H,3-5,8-11,13H2,1-2H3. The maximum absolute atomic E-state index is 5.78. The molecule has 2 unspecified atom stereocenters. The van der Waals surface area contributed by atoms with E-state index in [1.165, 1.54) is 42.5 Å². The third kappa shape index (κ3) is 3.41. The van der Waals surface area contributed by atoms with E-state index >= 15 is 0 Å².